The molecule has 0 heterocycles. The lowest BCUT2D eigenvalue weighted by Gasteiger charge is -2.11. The van der Waals surface area contributed by atoms with Crippen molar-refractivity contribution in [3.8, 4) is 0 Å². The number of aldehydes is 1. The van der Waals surface area contributed by atoms with E-state index in [1.165, 1.54) is 23.5 Å². The molecule has 0 aromatic heterocycles. The molecule has 0 fully saturated rings. The predicted octanol–water partition coefficient (Wildman–Crippen LogP) is 4.03. The Labute approximate surface area is 96.3 Å². The second-order valence-electron chi connectivity index (χ2n) is 3.68. The Morgan fingerprint density at radius 3 is 2.27 bits per heavy atom. The van der Waals surface area contributed by atoms with Gasteiger partial charge in [0.15, 0.2) is 0 Å². The number of hydrogen-bond donors (Lipinski definition) is 0. The average Bonchev–Trinajstić information content (AvgIpc) is 2.31. The van der Waals surface area contributed by atoms with Crippen molar-refractivity contribution >= 4 is 18.0 Å². The van der Waals surface area contributed by atoms with Gasteiger partial charge in [-0.15, -0.1) is 11.8 Å². The minimum Gasteiger partial charge on any atom is -0.298 e. The minimum absolute atomic E-state index is 0.752. The Hall–Kier alpha value is -0.760. The molecule has 1 aromatic carbocycles. The highest BCUT2D eigenvalue weighted by atomic mass is 32.2. The van der Waals surface area contributed by atoms with Gasteiger partial charge in [-0.2, -0.15) is 0 Å². The van der Waals surface area contributed by atoms with E-state index in [-0.39, 0.29) is 0 Å². The molecule has 0 aliphatic heterocycles. The first kappa shape index (κ1) is 12.3. The molecule has 0 bridgehead atoms. The summed E-state index contributed by atoms with van der Waals surface area (Å²) in [5, 5.41) is 0. The van der Waals surface area contributed by atoms with E-state index in [2.05, 4.69) is 13.8 Å². The van der Waals surface area contributed by atoms with Gasteiger partial charge in [0.2, 0.25) is 0 Å². The third-order valence-electron chi connectivity index (χ3n) is 2.66. The van der Waals surface area contributed by atoms with Gasteiger partial charge in [-0.1, -0.05) is 38.8 Å². The van der Waals surface area contributed by atoms with Gasteiger partial charge in [-0.3, -0.25) is 4.79 Å². The van der Waals surface area contributed by atoms with Crippen LogP contribution in [0.25, 0.3) is 0 Å². The van der Waals surface area contributed by atoms with Crippen LogP contribution in [0, 0.1) is 5.92 Å². The van der Waals surface area contributed by atoms with Crippen LogP contribution in [0.15, 0.2) is 29.2 Å². The lowest BCUT2D eigenvalue weighted by Crippen LogP contribution is -1.99. The predicted molar refractivity (Wildman–Crippen MR) is 66.6 cm³/mol. The maximum Gasteiger partial charge on any atom is 0.150 e. The topological polar surface area (TPSA) is 17.1 Å². The highest BCUT2D eigenvalue weighted by Gasteiger charge is 2.03. The van der Waals surface area contributed by atoms with Crippen molar-refractivity contribution < 1.29 is 4.79 Å². The summed E-state index contributed by atoms with van der Waals surface area (Å²) in [6, 6.07) is 7.80. The maximum absolute atomic E-state index is 10.5. The maximum atomic E-state index is 10.5. The molecule has 0 atom stereocenters. The molecule has 1 rings (SSSR count). The summed E-state index contributed by atoms with van der Waals surface area (Å²) in [5.74, 6) is 1.98. The molecule has 0 unspecified atom stereocenters. The first-order chi connectivity index (χ1) is 7.30. The summed E-state index contributed by atoms with van der Waals surface area (Å²) in [6.07, 6.45) is 3.38. The van der Waals surface area contributed by atoms with Crippen LogP contribution < -0.4 is 0 Å². The van der Waals surface area contributed by atoms with Crippen LogP contribution in [0.4, 0.5) is 0 Å². The molecule has 0 amide bonds. The first-order valence-electron chi connectivity index (χ1n) is 5.48. The van der Waals surface area contributed by atoms with E-state index >= 15 is 0 Å². The van der Waals surface area contributed by atoms with Gasteiger partial charge in [0.05, 0.1) is 0 Å². The van der Waals surface area contributed by atoms with Gasteiger partial charge in [0, 0.05) is 16.2 Å². The fourth-order valence-electron chi connectivity index (χ4n) is 1.38. The smallest absolute Gasteiger partial charge is 0.150 e. The summed E-state index contributed by atoms with van der Waals surface area (Å²) >= 11 is 1.88. The highest BCUT2D eigenvalue weighted by molar-refractivity contribution is 7.99. The lowest BCUT2D eigenvalue weighted by molar-refractivity contribution is 0.112. The largest absolute Gasteiger partial charge is 0.298 e. The molecular weight excluding hydrogens is 204 g/mol. The number of benzene rings is 1. The zero-order valence-electron chi connectivity index (χ0n) is 9.40. The molecule has 0 spiro atoms. The second kappa shape index (κ2) is 6.67. The van der Waals surface area contributed by atoms with Crippen molar-refractivity contribution in [3.05, 3.63) is 29.8 Å². The van der Waals surface area contributed by atoms with Gasteiger partial charge in [-0.05, 0) is 18.1 Å². The second-order valence-corrected chi connectivity index (χ2v) is 4.77. The zero-order chi connectivity index (χ0) is 11.1. The van der Waals surface area contributed by atoms with Crippen LogP contribution in [0.5, 0.6) is 0 Å². The normalized spacial score (nSPS) is 10.6. The SMILES string of the molecule is CCC(CC)CSc1ccc(C=O)cc1. The fraction of sp³-hybridized carbons (Fsp3) is 0.462. The summed E-state index contributed by atoms with van der Waals surface area (Å²) < 4.78 is 0. The molecule has 0 N–H and O–H groups in total. The Balaban J connectivity index is 2.46. The van der Waals surface area contributed by atoms with Gasteiger partial charge >= 0.3 is 0 Å². The molecular formula is C13H18OS. The summed E-state index contributed by atoms with van der Waals surface area (Å²) in [6.45, 7) is 4.48. The molecule has 0 radical (unpaired) electrons. The van der Waals surface area contributed by atoms with E-state index in [4.69, 9.17) is 0 Å². The fourth-order valence-corrected chi connectivity index (χ4v) is 2.61. The molecule has 2 heteroatoms. The summed E-state index contributed by atoms with van der Waals surface area (Å²) in [7, 11) is 0. The van der Waals surface area contributed by atoms with Gasteiger partial charge in [-0.25, -0.2) is 0 Å². The van der Waals surface area contributed by atoms with Crippen LogP contribution in [0.2, 0.25) is 0 Å². The van der Waals surface area contributed by atoms with Crippen LogP contribution in [-0.4, -0.2) is 12.0 Å². The van der Waals surface area contributed by atoms with E-state index in [9.17, 15) is 4.79 Å². The van der Waals surface area contributed by atoms with Crippen molar-refractivity contribution in [1.82, 2.24) is 0 Å². The zero-order valence-corrected chi connectivity index (χ0v) is 10.2. The van der Waals surface area contributed by atoms with Gasteiger partial charge < -0.3 is 0 Å². The van der Waals surface area contributed by atoms with Crippen LogP contribution in [0.1, 0.15) is 37.0 Å². The molecule has 15 heavy (non-hydrogen) atoms. The number of thioether (sulfide) groups is 1. The van der Waals surface area contributed by atoms with Gasteiger partial charge in [0.1, 0.15) is 6.29 Å². The molecule has 0 saturated carbocycles. The molecule has 0 aliphatic carbocycles. The molecule has 1 aromatic rings. The Bertz CT molecular complexity index is 288. The monoisotopic (exact) mass is 222 g/mol. The molecule has 82 valence electrons. The average molecular weight is 222 g/mol. The van der Waals surface area contributed by atoms with E-state index in [0.717, 1.165) is 17.8 Å². The highest BCUT2D eigenvalue weighted by Crippen LogP contribution is 2.23. The third kappa shape index (κ3) is 4.08. The lowest BCUT2D eigenvalue weighted by atomic mass is 10.1. The Morgan fingerprint density at radius 2 is 1.80 bits per heavy atom. The van der Waals surface area contributed by atoms with Gasteiger partial charge in [0.25, 0.3) is 0 Å². The number of hydrogen-bond acceptors (Lipinski definition) is 2. The van der Waals surface area contributed by atoms with Crippen molar-refractivity contribution in [2.24, 2.45) is 5.92 Å². The number of carbonyl (C=O) groups is 1. The van der Waals surface area contributed by atoms with E-state index < -0.39 is 0 Å². The van der Waals surface area contributed by atoms with Crippen molar-refractivity contribution in [1.29, 1.82) is 0 Å². The summed E-state index contributed by atoms with van der Waals surface area (Å²) in [5.41, 5.74) is 0.752. The van der Waals surface area contributed by atoms with Crippen LogP contribution in [-0.2, 0) is 0 Å². The first-order valence-corrected chi connectivity index (χ1v) is 6.46. The van der Waals surface area contributed by atoms with E-state index in [0.29, 0.717) is 0 Å². The van der Waals surface area contributed by atoms with Crippen LogP contribution in [0.3, 0.4) is 0 Å². The third-order valence-corrected chi connectivity index (χ3v) is 3.90. The number of carbonyl (C=O) groups excluding carboxylic acids is 1. The molecule has 1 nitrogen and oxygen atoms in total. The van der Waals surface area contributed by atoms with E-state index in [1.54, 1.807) is 0 Å². The molecule has 0 saturated heterocycles. The number of rotatable bonds is 6. The quantitative estimate of drug-likeness (QED) is 0.534. The Morgan fingerprint density at radius 1 is 1.20 bits per heavy atom. The van der Waals surface area contributed by atoms with Crippen LogP contribution >= 0.6 is 11.8 Å². The van der Waals surface area contributed by atoms with Crippen molar-refractivity contribution in [2.75, 3.05) is 5.75 Å². The summed E-state index contributed by atoms with van der Waals surface area (Å²) in [4.78, 5) is 11.7. The van der Waals surface area contributed by atoms with E-state index in [1.807, 2.05) is 36.0 Å². The Kier molecular flexibility index (Phi) is 5.48. The molecule has 0 aliphatic rings. The van der Waals surface area contributed by atoms with Crippen molar-refractivity contribution in [2.45, 2.75) is 31.6 Å². The minimum atomic E-state index is 0.752. The van der Waals surface area contributed by atoms with Crippen molar-refractivity contribution in [3.63, 3.8) is 0 Å². The standard InChI is InChI=1S/C13H18OS/c1-3-11(4-2)10-15-13-7-5-12(9-14)6-8-13/h5-9,11H,3-4,10H2,1-2H3.